The van der Waals surface area contributed by atoms with Crippen molar-refractivity contribution in [2.75, 3.05) is 56.2 Å². The van der Waals surface area contributed by atoms with Gasteiger partial charge in [0.2, 0.25) is 17.6 Å². The largest absolute Gasteiger partial charge is 0.497 e. The van der Waals surface area contributed by atoms with Crippen LogP contribution in [0.25, 0.3) is 11.4 Å². The first-order chi connectivity index (χ1) is 17.2. The number of aryl methyl sites for hydroxylation is 1. The van der Waals surface area contributed by atoms with E-state index in [-0.39, 0.29) is 5.91 Å². The fourth-order valence-corrected chi connectivity index (χ4v) is 4.84. The van der Waals surface area contributed by atoms with E-state index in [1.54, 1.807) is 7.11 Å². The van der Waals surface area contributed by atoms with Gasteiger partial charge in [-0.25, -0.2) is 0 Å². The van der Waals surface area contributed by atoms with Crippen molar-refractivity contribution < 1.29 is 14.1 Å². The zero-order valence-electron chi connectivity index (χ0n) is 20.4. The fourth-order valence-electron chi connectivity index (χ4n) is 4.84. The molecule has 2 fully saturated rings. The average molecular weight is 476 g/mol. The maximum Gasteiger partial charge on any atom is 0.227 e. The molecule has 0 aliphatic carbocycles. The molecule has 1 amide bonds. The summed E-state index contributed by atoms with van der Waals surface area (Å²) in [4.78, 5) is 23.9. The van der Waals surface area contributed by atoms with Crippen molar-refractivity contribution in [3.8, 4) is 17.1 Å². The number of carbonyl (C=O) groups is 1. The number of hydrogen-bond acceptors (Lipinski definition) is 7. The molecule has 5 rings (SSSR count). The number of aromatic nitrogens is 2. The highest BCUT2D eigenvalue weighted by Crippen LogP contribution is 2.25. The van der Waals surface area contributed by atoms with Gasteiger partial charge >= 0.3 is 0 Å². The summed E-state index contributed by atoms with van der Waals surface area (Å²) in [5.41, 5.74) is 3.30. The van der Waals surface area contributed by atoms with Crippen LogP contribution in [0.3, 0.4) is 0 Å². The number of piperazine rings is 1. The Balaban J connectivity index is 1.10. The van der Waals surface area contributed by atoms with Gasteiger partial charge in [0.25, 0.3) is 0 Å². The first-order valence-electron chi connectivity index (χ1n) is 12.5. The lowest BCUT2D eigenvalue weighted by Gasteiger charge is -2.36. The van der Waals surface area contributed by atoms with Gasteiger partial charge in [0.15, 0.2) is 0 Å². The summed E-state index contributed by atoms with van der Waals surface area (Å²) < 4.78 is 10.8. The molecule has 2 aliphatic heterocycles. The summed E-state index contributed by atoms with van der Waals surface area (Å²) in [6, 6.07) is 16.4. The summed E-state index contributed by atoms with van der Waals surface area (Å²) >= 11 is 0. The van der Waals surface area contributed by atoms with Crippen molar-refractivity contribution in [3.05, 3.63) is 54.4 Å². The van der Waals surface area contributed by atoms with E-state index in [4.69, 9.17) is 9.26 Å². The third kappa shape index (κ3) is 5.58. The molecule has 3 aromatic rings. The molecule has 0 spiro atoms. The monoisotopic (exact) mass is 475 g/mol. The van der Waals surface area contributed by atoms with Crippen LogP contribution in [0.5, 0.6) is 5.75 Å². The van der Waals surface area contributed by atoms with E-state index in [1.807, 2.05) is 35.2 Å². The molecule has 0 saturated carbocycles. The molecule has 0 radical (unpaired) electrons. The minimum absolute atomic E-state index is 0.126. The Morgan fingerprint density at radius 1 is 0.914 bits per heavy atom. The number of nitrogens with zero attached hydrogens (tertiary/aromatic N) is 5. The second-order valence-electron chi connectivity index (χ2n) is 9.18. The molecular formula is C27H33N5O3. The lowest BCUT2D eigenvalue weighted by molar-refractivity contribution is -0.131. The number of rotatable bonds is 7. The van der Waals surface area contributed by atoms with Crippen molar-refractivity contribution in [2.24, 2.45) is 0 Å². The first kappa shape index (κ1) is 23.2. The van der Waals surface area contributed by atoms with Crippen molar-refractivity contribution in [3.63, 3.8) is 0 Å². The molecule has 184 valence electrons. The lowest BCUT2D eigenvalue weighted by Crippen LogP contribution is -2.48. The van der Waals surface area contributed by atoms with E-state index in [2.05, 4.69) is 38.1 Å². The highest BCUT2D eigenvalue weighted by Gasteiger charge is 2.22. The maximum atomic E-state index is 12.8. The van der Waals surface area contributed by atoms with Crippen LogP contribution in [0.2, 0.25) is 0 Å². The van der Waals surface area contributed by atoms with Crippen LogP contribution in [0, 0.1) is 0 Å². The van der Waals surface area contributed by atoms with Crippen molar-refractivity contribution >= 4 is 17.3 Å². The summed E-state index contributed by atoms with van der Waals surface area (Å²) in [5.74, 6) is 2.05. The van der Waals surface area contributed by atoms with Gasteiger partial charge in [0.05, 0.1) is 7.11 Å². The van der Waals surface area contributed by atoms with Crippen molar-refractivity contribution in [1.82, 2.24) is 15.0 Å². The number of piperidine rings is 1. The van der Waals surface area contributed by atoms with Gasteiger partial charge in [0, 0.05) is 75.1 Å². The van der Waals surface area contributed by atoms with E-state index in [9.17, 15) is 4.79 Å². The average Bonchev–Trinajstić information content (AvgIpc) is 3.41. The highest BCUT2D eigenvalue weighted by atomic mass is 16.5. The minimum Gasteiger partial charge on any atom is -0.497 e. The molecule has 35 heavy (non-hydrogen) atoms. The Morgan fingerprint density at radius 2 is 1.66 bits per heavy atom. The molecule has 0 atom stereocenters. The third-order valence-electron chi connectivity index (χ3n) is 6.92. The SMILES string of the molecule is COc1cccc(N2CCN(C(=O)CCc3nc(-c4ccc(N5CCCCC5)cc4)no3)CC2)c1. The van der Waals surface area contributed by atoms with Crippen molar-refractivity contribution in [1.29, 1.82) is 0 Å². The smallest absolute Gasteiger partial charge is 0.227 e. The van der Waals surface area contributed by atoms with E-state index in [0.29, 0.717) is 37.6 Å². The molecule has 0 bridgehead atoms. The van der Waals surface area contributed by atoms with Gasteiger partial charge in [-0.05, 0) is 55.7 Å². The van der Waals surface area contributed by atoms with E-state index >= 15 is 0 Å². The lowest BCUT2D eigenvalue weighted by atomic mass is 10.1. The fraction of sp³-hybridized carbons (Fsp3) is 0.444. The summed E-state index contributed by atoms with van der Waals surface area (Å²) in [7, 11) is 1.67. The summed E-state index contributed by atoms with van der Waals surface area (Å²) in [6.45, 7) is 5.25. The quantitative estimate of drug-likeness (QED) is 0.511. The Bertz CT molecular complexity index is 1120. The molecular weight excluding hydrogens is 442 g/mol. The summed E-state index contributed by atoms with van der Waals surface area (Å²) in [6.07, 6.45) is 4.66. The van der Waals surface area contributed by atoms with Crippen LogP contribution in [-0.4, -0.2) is 67.3 Å². The van der Waals surface area contributed by atoms with Crippen LogP contribution in [0.15, 0.2) is 53.1 Å². The maximum absolute atomic E-state index is 12.8. The number of anilines is 2. The topological polar surface area (TPSA) is 74.9 Å². The zero-order valence-corrected chi connectivity index (χ0v) is 20.4. The van der Waals surface area contributed by atoms with Crippen LogP contribution >= 0.6 is 0 Å². The molecule has 1 aromatic heterocycles. The second kappa shape index (κ2) is 10.8. The minimum atomic E-state index is 0.126. The number of amides is 1. The Labute approximate surface area is 206 Å². The van der Waals surface area contributed by atoms with E-state index < -0.39 is 0 Å². The standard InChI is InChI=1S/C27H33N5O3/c1-34-24-7-5-6-23(20-24)31-16-18-32(19-17-31)26(33)13-12-25-28-27(29-35-25)21-8-10-22(11-9-21)30-14-3-2-4-15-30/h5-11,20H,2-4,12-19H2,1H3. The van der Waals surface area contributed by atoms with Crippen LogP contribution < -0.4 is 14.5 Å². The van der Waals surface area contributed by atoms with Gasteiger partial charge in [-0.15, -0.1) is 0 Å². The van der Waals surface area contributed by atoms with Crippen LogP contribution in [0.4, 0.5) is 11.4 Å². The van der Waals surface area contributed by atoms with Crippen molar-refractivity contribution in [2.45, 2.75) is 32.1 Å². The van der Waals surface area contributed by atoms with E-state index in [1.165, 1.54) is 24.9 Å². The van der Waals surface area contributed by atoms with Gasteiger partial charge in [-0.3, -0.25) is 4.79 Å². The summed E-state index contributed by atoms with van der Waals surface area (Å²) in [5, 5.41) is 4.14. The van der Waals surface area contributed by atoms with Crippen LogP contribution in [-0.2, 0) is 11.2 Å². The molecule has 8 heteroatoms. The molecule has 2 aliphatic rings. The number of ether oxygens (including phenoxy) is 1. The van der Waals surface area contributed by atoms with Gasteiger partial charge in [0.1, 0.15) is 5.75 Å². The normalized spacial score (nSPS) is 16.4. The van der Waals surface area contributed by atoms with Gasteiger partial charge < -0.3 is 24.0 Å². The highest BCUT2D eigenvalue weighted by molar-refractivity contribution is 5.76. The molecule has 2 aromatic carbocycles. The number of hydrogen-bond donors (Lipinski definition) is 0. The van der Waals surface area contributed by atoms with Gasteiger partial charge in [-0.2, -0.15) is 4.98 Å². The van der Waals surface area contributed by atoms with E-state index in [0.717, 1.165) is 43.2 Å². The Hall–Kier alpha value is -3.55. The number of methoxy groups -OCH3 is 1. The second-order valence-corrected chi connectivity index (χ2v) is 9.18. The molecule has 8 nitrogen and oxygen atoms in total. The molecule has 2 saturated heterocycles. The zero-order chi connectivity index (χ0) is 24.0. The number of carbonyl (C=O) groups excluding carboxylic acids is 1. The van der Waals surface area contributed by atoms with Crippen LogP contribution in [0.1, 0.15) is 31.6 Å². The molecule has 0 unspecified atom stereocenters. The molecule has 0 N–H and O–H groups in total. The predicted octanol–water partition coefficient (Wildman–Crippen LogP) is 4.02. The first-order valence-corrected chi connectivity index (χ1v) is 12.5. The number of benzene rings is 2. The Kier molecular flexibility index (Phi) is 7.16. The molecule has 3 heterocycles. The third-order valence-corrected chi connectivity index (χ3v) is 6.92. The predicted molar refractivity (Wildman–Crippen MR) is 136 cm³/mol. The Morgan fingerprint density at radius 3 is 2.40 bits per heavy atom. The van der Waals surface area contributed by atoms with Gasteiger partial charge in [-0.1, -0.05) is 11.2 Å².